The average Bonchev–Trinajstić information content (AvgIpc) is 2.28. The normalized spacial score (nSPS) is 26.9. The van der Waals surface area contributed by atoms with Gasteiger partial charge >= 0.3 is 0 Å². The average molecular weight is 247 g/mol. The van der Waals surface area contributed by atoms with E-state index in [9.17, 15) is 0 Å². The Morgan fingerprint density at radius 2 is 2.17 bits per heavy atom. The highest BCUT2D eigenvalue weighted by atomic mass is 16.5. The molecule has 1 aromatic carbocycles. The molecule has 1 aromatic rings. The van der Waals surface area contributed by atoms with Crippen LogP contribution in [-0.2, 0) is 0 Å². The molecular formula is C16H25NO. The van der Waals surface area contributed by atoms with Crippen LogP contribution in [0, 0.1) is 12.8 Å². The van der Waals surface area contributed by atoms with Gasteiger partial charge in [0.05, 0.1) is 0 Å². The first-order valence-corrected chi connectivity index (χ1v) is 6.95. The van der Waals surface area contributed by atoms with Gasteiger partial charge in [0.25, 0.3) is 0 Å². The Bertz CT molecular complexity index is 427. The lowest BCUT2D eigenvalue weighted by atomic mass is 9.84. The van der Waals surface area contributed by atoms with Crippen molar-refractivity contribution in [3.05, 3.63) is 29.3 Å². The van der Waals surface area contributed by atoms with E-state index in [2.05, 4.69) is 45.9 Å². The van der Waals surface area contributed by atoms with Crippen molar-refractivity contribution in [1.82, 2.24) is 0 Å². The molecule has 2 rings (SSSR count). The van der Waals surface area contributed by atoms with Gasteiger partial charge in [-0.25, -0.2) is 0 Å². The fraction of sp³-hybridized carbons (Fsp3) is 0.625. The van der Waals surface area contributed by atoms with Crippen molar-refractivity contribution in [1.29, 1.82) is 0 Å². The monoisotopic (exact) mass is 247 g/mol. The number of hydrogen-bond acceptors (Lipinski definition) is 2. The zero-order chi connectivity index (χ0) is 13.3. The number of nitrogens with two attached hydrogens (primary N) is 1. The molecule has 0 bridgehead atoms. The van der Waals surface area contributed by atoms with Crippen LogP contribution in [0.1, 0.15) is 57.2 Å². The lowest BCUT2D eigenvalue weighted by molar-refractivity contribution is 0.0404. The predicted molar refractivity (Wildman–Crippen MR) is 75.8 cm³/mol. The van der Waals surface area contributed by atoms with Gasteiger partial charge < -0.3 is 10.5 Å². The van der Waals surface area contributed by atoms with E-state index >= 15 is 0 Å². The molecule has 0 aliphatic carbocycles. The van der Waals surface area contributed by atoms with Gasteiger partial charge in [-0.3, -0.25) is 0 Å². The molecule has 0 spiro atoms. The molecule has 0 saturated heterocycles. The molecule has 2 atom stereocenters. The van der Waals surface area contributed by atoms with Gasteiger partial charge in [0.2, 0.25) is 0 Å². The zero-order valence-corrected chi connectivity index (χ0v) is 12.0. The van der Waals surface area contributed by atoms with Crippen LogP contribution in [0.3, 0.4) is 0 Å². The summed E-state index contributed by atoms with van der Waals surface area (Å²) in [5.74, 6) is 1.69. The summed E-state index contributed by atoms with van der Waals surface area (Å²) in [6, 6.07) is 6.42. The third kappa shape index (κ3) is 2.86. The van der Waals surface area contributed by atoms with Crippen LogP contribution in [-0.4, -0.2) is 5.60 Å². The summed E-state index contributed by atoms with van der Waals surface area (Å²) >= 11 is 0. The van der Waals surface area contributed by atoms with Crippen LogP contribution in [0.2, 0.25) is 0 Å². The molecule has 1 aliphatic rings. The van der Waals surface area contributed by atoms with Crippen molar-refractivity contribution in [2.45, 2.75) is 58.6 Å². The van der Waals surface area contributed by atoms with Crippen molar-refractivity contribution < 1.29 is 4.74 Å². The summed E-state index contributed by atoms with van der Waals surface area (Å²) in [6.45, 7) is 8.80. The van der Waals surface area contributed by atoms with E-state index in [0.29, 0.717) is 5.92 Å². The summed E-state index contributed by atoms with van der Waals surface area (Å²) in [5.41, 5.74) is 8.62. The Balaban J connectivity index is 2.19. The van der Waals surface area contributed by atoms with Crippen LogP contribution >= 0.6 is 0 Å². The zero-order valence-electron chi connectivity index (χ0n) is 12.0. The highest BCUT2D eigenvalue weighted by Crippen LogP contribution is 2.41. The second-order valence-electron chi connectivity index (χ2n) is 6.34. The summed E-state index contributed by atoms with van der Waals surface area (Å²) in [5, 5.41) is 0. The number of aryl methyl sites for hydroxylation is 1. The first-order valence-electron chi connectivity index (χ1n) is 6.95. The first-order chi connectivity index (χ1) is 8.39. The molecule has 0 aromatic heterocycles. The molecular weight excluding hydrogens is 222 g/mol. The lowest BCUT2D eigenvalue weighted by Gasteiger charge is -2.39. The maximum Gasteiger partial charge on any atom is 0.124 e. The van der Waals surface area contributed by atoms with Crippen molar-refractivity contribution in [2.75, 3.05) is 0 Å². The largest absolute Gasteiger partial charge is 0.487 e. The van der Waals surface area contributed by atoms with Crippen molar-refractivity contribution >= 4 is 0 Å². The third-order valence-electron chi connectivity index (χ3n) is 3.82. The van der Waals surface area contributed by atoms with E-state index in [1.54, 1.807) is 0 Å². The third-order valence-corrected chi connectivity index (χ3v) is 3.82. The number of hydrogen-bond donors (Lipinski definition) is 1. The summed E-state index contributed by atoms with van der Waals surface area (Å²) in [4.78, 5) is 0. The molecule has 1 heterocycles. The molecule has 100 valence electrons. The van der Waals surface area contributed by atoms with Gasteiger partial charge in [-0.05, 0) is 38.7 Å². The Morgan fingerprint density at radius 1 is 1.44 bits per heavy atom. The minimum Gasteiger partial charge on any atom is -0.487 e. The number of benzene rings is 1. The highest BCUT2D eigenvalue weighted by molar-refractivity contribution is 5.41. The van der Waals surface area contributed by atoms with E-state index < -0.39 is 0 Å². The van der Waals surface area contributed by atoms with E-state index in [1.807, 2.05) is 0 Å². The predicted octanol–water partition coefficient (Wildman–Crippen LogP) is 3.97. The molecule has 0 amide bonds. The molecule has 0 saturated carbocycles. The van der Waals surface area contributed by atoms with E-state index in [1.165, 1.54) is 12.0 Å². The molecule has 2 N–H and O–H groups in total. The van der Waals surface area contributed by atoms with Gasteiger partial charge in [0, 0.05) is 18.0 Å². The molecule has 1 unspecified atom stereocenters. The quantitative estimate of drug-likeness (QED) is 0.877. The Hall–Kier alpha value is -1.02. The molecule has 18 heavy (non-hydrogen) atoms. The van der Waals surface area contributed by atoms with Gasteiger partial charge in [0.15, 0.2) is 0 Å². The molecule has 0 fully saturated rings. The fourth-order valence-corrected chi connectivity index (χ4v) is 2.68. The topological polar surface area (TPSA) is 35.2 Å². The molecule has 0 radical (unpaired) electrons. The Morgan fingerprint density at radius 3 is 2.83 bits per heavy atom. The summed E-state index contributed by atoms with van der Waals surface area (Å²) in [6.07, 6.45) is 3.17. The standard InChI is InChI=1S/C16H25NO/c1-11(2)7-8-16(4)10-14(17)13-9-12(3)5-6-15(13)18-16/h5-6,9,11,14H,7-8,10,17H2,1-4H3/t14-,16?/m1/s1. The fourth-order valence-electron chi connectivity index (χ4n) is 2.68. The minimum atomic E-state index is -0.105. The molecule has 1 aliphatic heterocycles. The van der Waals surface area contributed by atoms with E-state index in [0.717, 1.165) is 24.2 Å². The van der Waals surface area contributed by atoms with Gasteiger partial charge in [-0.1, -0.05) is 31.5 Å². The van der Waals surface area contributed by atoms with E-state index in [4.69, 9.17) is 10.5 Å². The van der Waals surface area contributed by atoms with Gasteiger partial charge in [-0.15, -0.1) is 0 Å². The van der Waals surface area contributed by atoms with Gasteiger partial charge in [0.1, 0.15) is 11.4 Å². The second kappa shape index (κ2) is 4.93. The second-order valence-corrected chi connectivity index (χ2v) is 6.34. The smallest absolute Gasteiger partial charge is 0.124 e. The van der Waals surface area contributed by atoms with Crippen LogP contribution < -0.4 is 10.5 Å². The number of fused-ring (bicyclic) bond motifs is 1. The number of ether oxygens (including phenoxy) is 1. The Labute approximate surface area is 111 Å². The van der Waals surface area contributed by atoms with Crippen LogP contribution in [0.5, 0.6) is 5.75 Å². The first kappa shape index (κ1) is 13.4. The van der Waals surface area contributed by atoms with Crippen molar-refractivity contribution in [3.63, 3.8) is 0 Å². The molecule has 2 nitrogen and oxygen atoms in total. The maximum absolute atomic E-state index is 6.32. The van der Waals surface area contributed by atoms with Crippen molar-refractivity contribution in [2.24, 2.45) is 11.7 Å². The van der Waals surface area contributed by atoms with Crippen LogP contribution in [0.4, 0.5) is 0 Å². The number of rotatable bonds is 3. The van der Waals surface area contributed by atoms with Crippen molar-refractivity contribution in [3.8, 4) is 5.75 Å². The maximum atomic E-state index is 6.32. The van der Waals surface area contributed by atoms with Crippen LogP contribution in [0.15, 0.2) is 18.2 Å². The summed E-state index contributed by atoms with van der Waals surface area (Å²) < 4.78 is 6.22. The van der Waals surface area contributed by atoms with Crippen LogP contribution in [0.25, 0.3) is 0 Å². The Kier molecular flexibility index (Phi) is 3.67. The molecule has 2 heteroatoms. The van der Waals surface area contributed by atoms with E-state index in [-0.39, 0.29) is 11.6 Å². The highest BCUT2D eigenvalue weighted by Gasteiger charge is 2.35. The SMILES string of the molecule is Cc1ccc2c(c1)[C@H](N)CC(C)(CCC(C)C)O2. The van der Waals surface area contributed by atoms with Gasteiger partial charge in [-0.2, -0.15) is 0 Å². The minimum absolute atomic E-state index is 0.103. The lowest BCUT2D eigenvalue weighted by Crippen LogP contribution is -2.40. The summed E-state index contributed by atoms with van der Waals surface area (Å²) in [7, 11) is 0.